The first kappa shape index (κ1) is 32.1. The molecule has 1 aromatic heterocycles. The van der Waals surface area contributed by atoms with Gasteiger partial charge in [0.05, 0.1) is 31.4 Å². The highest BCUT2D eigenvalue weighted by atomic mass is 19.4. The number of carboxylic acid groups (broad SMARTS) is 1. The molecule has 11 heteroatoms. The summed E-state index contributed by atoms with van der Waals surface area (Å²) in [5.41, 5.74) is 2.33. The van der Waals surface area contributed by atoms with Gasteiger partial charge in [-0.15, -0.1) is 0 Å². The molecule has 1 unspecified atom stereocenters. The number of ether oxygens (including phenoxy) is 2. The molecule has 2 aliphatic rings. The number of carboxylic acids is 1. The molecule has 0 spiro atoms. The molecule has 1 N–H and O–H groups in total. The summed E-state index contributed by atoms with van der Waals surface area (Å²) in [6.45, 7) is 1.89. The summed E-state index contributed by atoms with van der Waals surface area (Å²) < 4.78 is 52.5. The first-order valence-electron chi connectivity index (χ1n) is 15.2. The van der Waals surface area contributed by atoms with Crippen LogP contribution in [0.4, 0.5) is 24.7 Å². The third-order valence-corrected chi connectivity index (χ3v) is 8.51. The average Bonchev–Trinajstić information content (AvgIpc) is 3.86. The minimum absolute atomic E-state index is 0.0113. The Hall–Kier alpha value is -4.28. The number of hydrogen-bond donors (Lipinski definition) is 1. The van der Waals surface area contributed by atoms with Gasteiger partial charge in [-0.1, -0.05) is 12.1 Å². The lowest BCUT2D eigenvalue weighted by atomic mass is 9.91. The number of carbonyl (C=O) groups excluding carboxylic acids is 1. The Morgan fingerprint density at radius 1 is 1.04 bits per heavy atom. The monoisotopic (exact) mass is 625 g/mol. The van der Waals surface area contributed by atoms with Crippen molar-refractivity contribution in [2.75, 3.05) is 43.2 Å². The van der Waals surface area contributed by atoms with E-state index in [0.717, 1.165) is 31.2 Å². The van der Waals surface area contributed by atoms with E-state index < -0.39 is 24.6 Å². The molecule has 5 rings (SSSR count). The van der Waals surface area contributed by atoms with Gasteiger partial charge >= 0.3 is 12.1 Å². The lowest BCUT2D eigenvalue weighted by molar-refractivity contribution is -0.137. The highest BCUT2D eigenvalue weighted by Gasteiger charge is 2.37. The maximum Gasteiger partial charge on any atom is 0.406 e. The summed E-state index contributed by atoms with van der Waals surface area (Å²) in [5, 5.41) is 9.37. The zero-order chi connectivity index (χ0) is 32.1. The van der Waals surface area contributed by atoms with Crippen LogP contribution in [0.15, 0.2) is 60.8 Å². The van der Waals surface area contributed by atoms with Gasteiger partial charge < -0.3 is 19.5 Å². The molecule has 3 aromatic rings. The average molecular weight is 626 g/mol. The largest absolute Gasteiger partial charge is 0.497 e. The molecule has 2 aromatic carbocycles. The highest BCUT2D eigenvalue weighted by molar-refractivity contribution is 6.09. The summed E-state index contributed by atoms with van der Waals surface area (Å²) in [5.74, 6) is 0.171. The van der Waals surface area contributed by atoms with Gasteiger partial charge in [-0.2, -0.15) is 13.2 Å². The fourth-order valence-electron chi connectivity index (χ4n) is 5.96. The second kappa shape index (κ2) is 13.8. The first-order chi connectivity index (χ1) is 21.5. The first-order valence-corrected chi connectivity index (χ1v) is 15.2. The Labute approximate surface area is 260 Å². The van der Waals surface area contributed by atoms with Crippen LogP contribution in [0.2, 0.25) is 0 Å². The molecule has 240 valence electrons. The van der Waals surface area contributed by atoms with Crippen LogP contribution in [-0.2, 0) is 4.79 Å². The number of rotatable bonds is 12. The van der Waals surface area contributed by atoms with Gasteiger partial charge in [0.2, 0.25) is 0 Å². The molecule has 0 bridgehead atoms. The molecule has 1 amide bonds. The Bertz CT molecular complexity index is 1500. The van der Waals surface area contributed by atoms with Crippen molar-refractivity contribution >= 4 is 23.4 Å². The third-order valence-electron chi connectivity index (χ3n) is 8.51. The van der Waals surface area contributed by atoms with Gasteiger partial charge in [-0.05, 0) is 97.9 Å². The van der Waals surface area contributed by atoms with Crippen molar-refractivity contribution in [1.82, 2.24) is 4.98 Å². The van der Waals surface area contributed by atoms with Crippen LogP contribution in [0.25, 0.3) is 0 Å². The van der Waals surface area contributed by atoms with Crippen LogP contribution in [0.1, 0.15) is 59.5 Å². The molecule has 1 atom stereocenters. The van der Waals surface area contributed by atoms with Crippen LogP contribution in [-0.4, -0.2) is 61.5 Å². The maximum absolute atomic E-state index is 13.8. The van der Waals surface area contributed by atoms with E-state index in [1.165, 1.54) is 25.4 Å². The van der Waals surface area contributed by atoms with E-state index in [0.29, 0.717) is 53.3 Å². The number of aryl methyl sites for hydroxylation is 1. The number of pyridine rings is 1. The Morgan fingerprint density at radius 3 is 2.44 bits per heavy atom. The fourth-order valence-corrected chi connectivity index (χ4v) is 5.96. The number of alkyl halides is 3. The molecule has 1 aliphatic carbocycles. The summed E-state index contributed by atoms with van der Waals surface area (Å²) in [6, 6.07) is 15.6. The number of halogens is 3. The molecule has 2 fully saturated rings. The molecule has 1 saturated heterocycles. The number of hydrogen-bond acceptors (Lipinski definition) is 6. The van der Waals surface area contributed by atoms with Gasteiger partial charge in [-0.25, -0.2) is 4.98 Å². The molecule has 1 aliphatic heterocycles. The molecule has 1 saturated carbocycles. The predicted molar refractivity (Wildman–Crippen MR) is 164 cm³/mol. The van der Waals surface area contributed by atoms with Crippen molar-refractivity contribution < 1.29 is 37.3 Å². The van der Waals surface area contributed by atoms with E-state index in [9.17, 15) is 27.9 Å². The lowest BCUT2D eigenvalue weighted by Gasteiger charge is -2.35. The summed E-state index contributed by atoms with van der Waals surface area (Å²) in [4.78, 5) is 31.9. The maximum atomic E-state index is 13.8. The number of benzene rings is 2. The molecular formula is C34H38F3N3O5. The van der Waals surface area contributed by atoms with Crippen LogP contribution in [0.5, 0.6) is 11.5 Å². The number of piperidine rings is 1. The normalized spacial score (nSPS) is 16.2. The summed E-state index contributed by atoms with van der Waals surface area (Å²) >= 11 is 0. The highest BCUT2D eigenvalue weighted by Crippen LogP contribution is 2.45. The van der Waals surface area contributed by atoms with Gasteiger partial charge in [0.25, 0.3) is 5.91 Å². The molecular weight excluding hydrogens is 587 g/mol. The van der Waals surface area contributed by atoms with E-state index in [2.05, 4.69) is 4.98 Å². The Morgan fingerprint density at radius 2 is 1.80 bits per heavy atom. The van der Waals surface area contributed by atoms with E-state index in [1.807, 2.05) is 29.2 Å². The minimum atomic E-state index is -4.62. The zero-order valence-corrected chi connectivity index (χ0v) is 25.4. The second-order valence-electron chi connectivity index (χ2n) is 11.9. The van der Waals surface area contributed by atoms with E-state index in [-0.39, 0.29) is 29.6 Å². The van der Waals surface area contributed by atoms with Crippen molar-refractivity contribution in [3.63, 3.8) is 0 Å². The van der Waals surface area contributed by atoms with Gasteiger partial charge in [-0.3, -0.25) is 14.5 Å². The van der Waals surface area contributed by atoms with Crippen molar-refractivity contribution in [1.29, 1.82) is 0 Å². The predicted octanol–water partition coefficient (Wildman–Crippen LogP) is 6.87. The number of aromatic nitrogens is 1. The second-order valence-corrected chi connectivity index (χ2v) is 11.9. The fraction of sp³-hybridized carbons (Fsp3) is 0.441. The van der Waals surface area contributed by atoms with E-state index in [1.54, 1.807) is 25.1 Å². The quantitative estimate of drug-likeness (QED) is 0.235. The van der Waals surface area contributed by atoms with Gasteiger partial charge in [0.1, 0.15) is 23.9 Å². The number of aliphatic carboxylic acids is 1. The molecule has 2 heterocycles. The van der Waals surface area contributed by atoms with Crippen molar-refractivity contribution in [2.45, 2.75) is 51.1 Å². The van der Waals surface area contributed by atoms with Crippen molar-refractivity contribution in [3.8, 4) is 11.5 Å². The number of nitrogens with zero attached hydrogens (tertiary/aromatic N) is 3. The van der Waals surface area contributed by atoms with E-state index >= 15 is 0 Å². The third kappa shape index (κ3) is 8.46. The summed E-state index contributed by atoms with van der Waals surface area (Å²) in [7, 11) is 1.50. The number of anilines is 2. The van der Waals surface area contributed by atoms with Crippen molar-refractivity contribution in [3.05, 3.63) is 77.5 Å². The zero-order valence-electron chi connectivity index (χ0n) is 25.4. The SMILES string of the molecule is COc1ccc(C(=O)N(CC(F)(F)F)c2cc(C)ccn2)c(N2CCC(COc3cccc(C(CC(=O)O)C4CC4)c3)CC2)c1. The summed E-state index contributed by atoms with van der Waals surface area (Å²) in [6.07, 6.45) is 0.467. The van der Waals surface area contributed by atoms with Crippen molar-refractivity contribution in [2.24, 2.45) is 11.8 Å². The van der Waals surface area contributed by atoms with Crippen LogP contribution >= 0.6 is 0 Å². The molecule has 8 nitrogen and oxygen atoms in total. The van der Waals surface area contributed by atoms with Crippen LogP contribution < -0.4 is 19.3 Å². The smallest absolute Gasteiger partial charge is 0.406 e. The number of methoxy groups -OCH3 is 1. The van der Waals surface area contributed by atoms with E-state index in [4.69, 9.17) is 9.47 Å². The topological polar surface area (TPSA) is 92.2 Å². The Kier molecular flexibility index (Phi) is 9.84. The Balaban J connectivity index is 1.28. The van der Waals surface area contributed by atoms with Crippen LogP contribution in [0, 0.1) is 18.8 Å². The molecule has 45 heavy (non-hydrogen) atoms. The lowest BCUT2D eigenvalue weighted by Crippen LogP contribution is -2.41. The van der Waals surface area contributed by atoms with Gasteiger partial charge in [0.15, 0.2) is 0 Å². The molecule has 0 radical (unpaired) electrons. The standard InChI is InChI=1S/C34H38F3N3O5/c1-22-10-13-38-31(16-22)40(21-34(35,36)37)33(43)28-9-8-26(44-2)18-30(28)39-14-11-23(12-15-39)20-45-27-5-3-4-25(17-27)29(19-32(41)42)24-6-7-24/h3-5,8-10,13,16-18,23-24,29H,6-7,11-12,14-15,19-21H2,1-2H3,(H,41,42). The van der Waals surface area contributed by atoms with Crippen LogP contribution in [0.3, 0.4) is 0 Å². The number of carbonyl (C=O) groups is 2. The van der Waals surface area contributed by atoms with Gasteiger partial charge in [0, 0.05) is 25.4 Å². The minimum Gasteiger partial charge on any atom is -0.497 e. The number of amides is 1.